The summed E-state index contributed by atoms with van der Waals surface area (Å²) in [7, 11) is 0. The van der Waals surface area contributed by atoms with Crippen LogP contribution in [0.5, 0.6) is 0 Å². The average molecular weight is 229 g/mol. The van der Waals surface area contributed by atoms with Crippen LogP contribution in [-0.4, -0.2) is 4.98 Å². The van der Waals surface area contributed by atoms with Crippen molar-refractivity contribution in [3.8, 4) is 0 Å². The molecule has 0 aliphatic heterocycles. The van der Waals surface area contributed by atoms with Crippen molar-refractivity contribution < 1.29 is 0 Å². The smallest absolute Gasteiger partial charge is 0.100 e. The average Bonchev–Trinajstić information content (AvgIpc) is 2.94. The number of nitrogens with zero attached hydrogens (tertiary/aromatic N) is 1. The monoisotopic (exact) mass is 229 g/mol. The van der Waals surface area contributed by atoms with E-state index in [1.165, 1.54) is 33.9 Å². The van der Waals surface area contributed by atoms with Gasteiger partial charge in [0.15, 0.2) is 0 Å². The zero-order valence-electron chi connectivity index (χ0n) is 9.44. The van der Waals surface area contributed by atoms with Crippen LogP contribution < -0.4 is 0 Å². The maximum Gasteiger partial charge on any atom is 0.100 e. The number of fused-ring (bicyclic) bond motifs is 1. The molecule has 0 amide bonds. The van der Waals surface area contributed by atoms with Crippen LogP contribution in [0.15, 0.2) is 30.5 Å². The van der Waals surface area contributed by atoms with E-state index in [2.05, 4.69) is 36.2 Å². The second-order valence-corrected chi connectivity index (χ2v) is 5.46. The van der Waals surface area contributed by atoms with Gasteiger partial charge in [0.05, 0.1) is 0 Å². The van der Waals surface area contributed by atoms with Crippen molar-refractivity contribution >= 4 is 11.3 Å². The fourth-order valence-corrected chi connectivity index (χ4v) is 3.47. The first kappa shape index (κ1) is 10.0. The Morgan fingerprint density at radius 2 is 2.25 bits per heavy atom. The second kappa shape index (κ2) is 4.02. The van der Waals surface area contributed by atoms with Gasteiger partial charge in [-0.25, -0.2) is 4.98 Å². The summed E-state index contributed by atoms with van der Waals surface area (Å²) in [6.45, 7) is 2.19. The first-order valence-corrected chi connectivity index (χ1v) is 6.72. The molecule has 1 aliphatic carbocycles. The summed E-state index contributed by atoms with van der Waals surface area (Å²) in [6, 6.07) is 8.80. The van der Waals surface area contributed by atoms with E-state index in [1.807, 2.05) is 17.5 Å². The highest BCUT2D eigenvalue weighted by molar-refractivity contribution is 7.11. The first-order valence-electron chi connectivity index (χ1n) is 5.91. The molecule has 2 heteroatoms. The molecular formula is C14H15NS. The second-order valence-electron chi connectivity index (χ2n) is 4.31. The lowest BCUT2D eigenvalue weighted by atomic mass is 10.0. The number of aryl methyl sites for hydroxylation is 2. The number of thiazole rings is 1. The Hall–Kier alpha value is -1.15. The van der Waals surface area contributed by atoms with Crippen LogP contribution >= 0.6 is 11.3 Å². The van der Waals surface area contributed by atoms with Crippen molar-refractivity contribution in [2.75, 3.05) is 0 Å². The lowest BCUT2D eigenvalue weighted by Crippen LogP contribution is -1.94. The molecule has 0 saturated carbocycles. The summed E-state index contributed by atoms with van der Waals surface area (Å²) in [5.41, 5.74) is 3.01. The third-order valence-electron chi connectivity index (χ3n) is 3.35. The quantitative estimate of drug-likeness (QED) is 0.763. The summed E-state index contributed by atoms with van der Waals surface area (Å²) < 4.78 is 0. The molecule has 1 heterocycles. The van der Waals surface area contributed by atoms with Gasteiger partial charge in [0.1, 0.15) is 5.01 Å². The Balaban J connectivity index is 1.98. The minimum absolute atomic E-state index is 0.557. The number of hydrogen-bond acceptors (Lipinski definition) is 2. The largest absolute Gasteiger partial charge is 0.249 e. The van der Waals surface area contributed by atoms with Gasteiger partial charge in [-0.3, -0.25) is 0 Å². The van der Waals surface area contributed by atoms with Crippen molar-refractivity contribution in [2.45, 2.75) is 32.1 Å². The van der Waals surface area contributed by atoms with Crippen LogP contribution in [0.3, 0.4) is 0 Å². The molecule has 3 rings (SSSR count). The van der Waals surface area contributed by atoms with E-state index in [9.17, 15) is 0 Å². The van der Waals surface area contributed by atoms with Gasteiger partial charge in [0, 0.05) is 17.0 Å². The van der Waals surface area contributed by atoms with Gasteiger partial charge < -0.3 is 0 Å². The maximum atomic E-state index is 4.59. The Kier molecular flexibility index (Phi) is 2.52. The highest BCUT2D eigenvalue weighted by atomic mass is 32.1. The standard InChI is InChI=1S/C14H15NS/c1-2-11-9-15-14(16-11)13-8-7-10-5-3-4-6-12(10)13/h3-6,9,13H,2,7-8H2,1H3. The summed E-state index contributed by atoms with van der Waals surface area (Å²) in [5, 5.41) is 1.31. The predicted molar refractivity (Wildman–Crippen MR) is 68.1 cm³/mol. The third kappa shape index (κ3) is 1.57. The van der Waals surface area contributed by atoms with Gasteiger partial charge in [-0.2, -0.15) is 0 Å². The van der Waals surface area contributed by atoms with E-state index in [4.69, 9.17) is 0 Å². The minimum atomic E-state index is 0.557. The van der Waals surface area contributed by atoms with Crippen LogP contribution in [0.4, 0.5) is 0 Å². The Labute approximate surface area is 100 Å². The number of rotatable bonds is 2. The molecule has 1 aliphatic rings. The van der Waals surface area contributed by atoms with Crippen molar-refractivity contribution in [3.63, 3.8) is 0 Å². The fraction of sp³-hybridized carbons (Fsp3) is 0.357. The molecular weight excluding hydrogens is 214 g/mol. The third-order valence-corrected chi connectivity index (χ3v) is 4.61. The van der Waals surface area contributed by atoms with Crippen LogP contribution in [-0.2, 0) is 12.8 Å². The SMILES string of the molecule is CCc1cnc(C2CCc3ccccc32)s1. The van der Waals surface area contributed by atoms with Crippen molar-refractivity contribution in [1.29, 1.82) is 0 Å². The number of hydrogen-bond donors (Lipinski definition) is 0. The molecule has 16 heavy (non-hydrogen) atoms. The van der Waals surface area contributed by atoms with Gasteiger partial charge in [-0.1, -0.05) is 31.2 Å². The molecule has 1 unspecified atom stereocenters. The fourth-order valence-electron chi connectivity index (χ4n) is 2.46. The van der Waals surface area contributed by atoms with E-state index in [-0.39, 0.29) is 0 Å². The summed E-state index contributed by atoms with van der Waals surface area (Å²) in [5.74, 6) is 0.557. The first-order chi connectivity index (χ1) is 7.88. The zero-order valence-corrected chi connectivity index (χ0v) is 10.3. The van der Waals surface area contributed by atoms with Gasteiger partial charge in [0.25, 0.3) is 0 Å². The van der Waals surface area contributed by atoms with Gasteiger partial charge in [0.2, 0.25) is 0 Å². The van der Waals surface area contributed by atoms with E-state index in [0.29, 0.717) is 5.92 Å². The Morgan fingerprint density at radius 3 is 3.06 bits per heavy atom. The molecule has 1 aromatic carbocycles. The van der Waals surface area contributed by atoms with Crippen molar-refractivity contribution in [2.24, 2.45) is 0 Å². The Bertz CT molecular complexity index is 501. The molecule has 0 bridgehead atoms. The van der Waals surface area contributed by atoms with Crippen molar-refractivity contribution in [1.82, 2.24) is 4.98 Å². The molecule has 1 nitrogen and oxygen atoms in total. The molecule has 0 spiro atoms. The Morgan fingerprint density at radius 1 is 1.38 bits per heavy atom. The van der Waals surface area contributed by atoms with Crippen LogP contribution in [0, 0.1) is 0 Å². The number of benzene rings is 1. The summed E-state index contributed by atoms with van der Waals surface area (Å²) >= 11 is 1.88. The highest BCUT2D eigenvalue weighted by Gasteiger charge is 2.25. The maximum absolute atomic E-state index is 4.59. The number of aromatic nitrogens is 1. The lowest BCUT2D eigenvalue weighted by Gasteiger charge is -2.07. The van der Waals surface area contributed by atoms with Crippen LogP contribution in [0.25, 0.3) is 0 Å². The normalized spacial score (nSPS) is 18.7. The van der Waals surface area contributed by atoms with E-state index < -0.39 is 0 Å². The van der Waals surface area contributed by atoms with Crippen LogP contribution in [0.1, 0.15) is 40.3 Å². The molecule has 0 N–H and O–H groups in total. The molecule has 1 aromatic heterocycles. The molecule has 82 valence electrons. The molecule has 0 saturated heterocycles. The van der Waals surface area contributed by atoms with E-state index in [0.717, 1.165) is 6.42 Å². The molecule has 1 atom stereocenters. The summed E-state index contributed by atoms with van der Waals surface area (Å²) in [6.07, 6.45) is 5.59. The van der Waals surface area contributed by atoms with Crippen LogP contribution in [0.2, 0.25) is 0 Å². The predicted octanol–water partition coefficient (Wildman–Crippen LogP) is 3.78. The topological polar surface area (TPSA) is 12.9 Å². The molecule has 2 aromatic rings. The lowest BCUT2D eigenvalue weighted by molar-refractivity contribution is 0.780. The van der Waals surface area contributed by atoms with E-state index in [1.54, 1.807) is 0 Å². The van der Waals surface area contributed by atoms with Gasteiger partial charge >= 0.3 is 0 Å². The zero-order chi connectivity index (χ0) is 11.0. The van der Waals surface area contributed by atoms with Gasteiger partial charge in [-0.15, -0.1) is 11.3 Å². The summed E-state index contributed by atoms with van der Waals surface area (Å²) in [4.78, 5) is 5.99. The minimum Gasteiger partial charge on any atom is -0.249 e. The molecule has 0 fully saturated rings. The van der Waals surface area contributed by atoms with Crippen molar-refractivity contribution in [3.05, 3.63) is 51.5 Å². The molecule has 0 radical (unpaired) electrons. The van der Waals surface area contributed by atoms with Gasteiger partial charge in [-0.05, 0) is 30.4 Å². The van der Waals surface area contributed by atoms with E-state index >= 15 is 0 Å². The highest BCUT2D eigenvalue weighted by Crippen LogP contribution is 2.39.